The molecule has 40 heavy (non-hydrogen) atoms. The average Bonchev–Trinajstić information content (AvgIpc) is 3.27. The number of hydrogen-bond acceptors (Lipinski definition) is 4. The van der Waals surface area contributed by atoms with Crippen molar-refractivity contribution in [3.63, 3.8) is 0 Å². The first kappa shape index (κ1) is 29.5. The molecule has 11 unspecified atom stereocenters. The molecule has 4 nitrogen and oxygen atoms in total. The number of esters is 1. The summed E-state index contributed by atoms with van der Waals surface area (Å²) in [6, 6.07) is 9.19. The number of carbonyl (C=O) groups is 2. The Morgan fingerprint density at radius 3 is 2.30 bits per heavy atom. The Morgan fingerprint density at radius 2 is 1.62 bits per heavy atom. The van der Waals surface area contributed by atoms with Crippen LogP contribution >= 0.6 is 0 Å². The smallest absolute Gasteiger partial charge is 0.338 e. The van der Waals surface area contributed by atoms with E-state index < -0.39 is 0 Å². The third-order valence-electron chi connectivity index (χ3n) is 12.6. The zero-order valence-electron chi connectivity index (χ0n) is 25.9. The monoisotopic (exact) mass is 548 g/mol. The van der Waals surface area contributed by atoms with E-state index in [1.807, 2.05) is 24.3 Å². The maximum absolute atomic E-state index is 13.9. The molecule has 0 heterocycles. The number of allylic oxidation sites excluding steroid dienone is 2. The van der Waals surface area contributed by atoms with E-state index in [2.05, 4.69) is 48.5 Å². The Kier molecular flexibility index (Phi) is 8.16. The molecule has 4 aliphatic carbocycles. The van der Waals surface area contributed by atoms with E-state index in [0.717, 1.165) is 38.5 Å². The van der Waals surface area contributed by atoms with Crippen LogP contribution in [0.3, 0.4) is 0 Å². The van der Waals surface area contributed by atoms with Crippen molar-refractivity contribution < 1.29 is 19.4 Å². The van der Waals surface area contributed by atoms with Crippen molar-refractivity contribution in [3.8, 4) is 0 Å². The lowest BCUT2D eigenvalue weighted by atomic mass is 9.46. The highest BCUT2D eigenvalue weighted by atomic mass is 16.5. The molecule has 0 saturated heterocycles. The molecule has 0 radical (unpaired) electrons. The number of aliphatic hydroxyl groups excluding tert-OH is 1. The first-order valence-electron chi connectivity index (χ1n) is 16.1. The number of hydrogen-bond donors (Lipinski definition) is 1. The lowest BCUT2D eigenvalue weighted by Crippen LogP contribution is -2.56. The summed E-state index contributed by atoms with van der Waals surface area (Å²) in [4.78, 5) is 26.8. The molecule has 1 N–H and O–H groups in total. The second-order valence-electron chi connectivity index (χ2n) is 15.0. The minimum atomic E-state index is -0.287. The van der Waals surface area contributed by atoms with Crippen LogP contribution in [0, 0.1) is 58.2 Å². The largest absolute Gasteiger partial charge is 0.458 e. The Bertz CT molecular complexity index is 1120. The van der Waals surface area contributed by atoms with Gasteiger partial charge in [-0.1, -0.05) is 72.2 Å². The normalized spacial score (nSPS) is 39.4. The van der Waals surface area contributed by atoms with Crippen LogP contribution in [-0.2, 0) is 9.53 Å². The highest BCUT2D eigenvalue weighted by Crippen LogP contribution is 2.67. The van der Waals surface area contributed by atoms with E-state index in [9.17, 15) is 14.7 Å². The van der Waals surface area contributed by atoms with E-state index in [1.54, 1.807) is 12.1 Å². The Labute approximate surface area is 242 Å². The van der Waals surface area contributed by atoms with Gasteiger partial charge in [0.05, 0.1) is 11.7 Å². The van der Waals surface area contributed by atoms with Gasteiger partial charge >= 0.3 is 5.97 Å². The van der Waals surface area contributed by atoms with Gasteiger partial charge in [-0.2, -0.15) is 0 Å². The summed E-state index contributed by atoms with van der Waals surface area (Å²) in [5.74, 6) is 2.54. The minimum Gasteiger partial charge on any atom is -0.458 e. The molecular weight excluding hydrogens is 496 g/mol. The maximum atomic E-state index is 13.9. The van der Waals surface area contributed by atoms with Crippen molar-refractivity contribution in [2.75, 3.05) is 0 Å². The van der Waals surface area contributed by atoms with Crippen LogP contribution in [0.15, 0.2) is 42.0 Å². The average molecular weight is 549 g/mol. The molecule has 3 saturated carbocycles. The molecule has 0 bridgehead atoms. The molecule has 0 aromatic heterocycles. The van der Waals surface area contributed by atoms with Crippen molar-refractivity contribution in [2.45, 2.75) is 106 Å². The van der Waals surface area contributed by atoms with Crippen LogP contribution in [0.1, 0.15) is 104 Å². The molecule has 5 rings (SSSR count). The fourth-order valence-corrected chi connectivity index (χ4v) is 9.81. The van der Waals surface area contributed by atoms with Gasteiger partial charge in [0.1, 0.15) is 6.10 Å². The predicted molar refractivity (Wildman–Crippen MR) is 160 cm³/mol. The van der Waals surface area contributed by atoms with Gasteiger partial charge in [0.15, 0.2) is 5.78 Å². The molecular formula is C36H52O4. The van der Waals surface area contributed by atoms with Crippen molar-refractivity contribution >= 4 is 11.8 Å². The number of fused-ring (bicyclic) bond motifs is 5. The van der Waals surface area contributed by atoms with E-state index >= 15 is 0 Å². The second-order valence-corrected chi connectivity index (χ2v) is 15.0. The van der Waals surface area contributed by atoms with Crippen molar-refractivity contribution in [1.29, 1.82) is 0 Å². The van der Waals surface area contributed by atoms with E-state index in [4.69, 9.17) is 4.74 Å². The summed E-state index contributed by atoms with van der Waals surface area (Å²) in [7, 11) is 0. The Morgan fingerprint density at radius 1 is 0.975 bits per heavy atom. The van der Waals surface area contributed by atoms with Gasteiger partial charge in [-0.15, -0.1) is 0 Å². The Hall–Kier alpha value is -1.94. The molecule has 1 aromatic carbocycles. The summed E-state index contributed by atoms with van der Waals surface area (Å²) < 4.78 is 6.02. The molecule has 1 aromatic rings. The van der Waals surface area contributed by atoms with Crippen molar-refractivity contribution in [1.82, 2.24) is 0 Å². The third-order valence-corrected chi connectivity index (χ3v) is 12.6. The van der Waals surface area contributed by atoms with Crippen LogP contribution in [0.2, 0.25) is 0 Å². The molecule has 11 atom stereocenters. The number of ketones is 1. The number of ether oxygens (including phenoxy) is 1. The first-order valence-corrected chi connectivity index (χ1v) is 16.1. The van der Waals surface area contributed by atoms with E-state index in [1.165, 1.54) is 12.0 Å². The van der Waals surface area contributed by atoms with Gasteiger partial charge in [-0.05, 0) is 109 Å². The SMILES string of the molecule is CC(C)C(C)CC(O)C(C)C1CCC2C3=CC(=O)C4C(C)C(OC(=O)c5ccccc5)CCC4(C)C3CCC21C. The van der Waals surface area contributed by atoms with Crippen LogP contribution in [0.5, 0.6) is 0 Å². The van der Waals surface area contributed by atoms with Gasteiger partial charge in [-0.25, -0.2) is 4.79 Å². The standard InChI is InChI=1S/C36H52O4/c1-21(2)22(3)19-30(37)23(4)27-13-14-28-26-20-31(38)33-24(5)32(40-34(39)25-11-9-8-10-12-25)16-18-36(33,7)29(26)15-17-35(27,28)6/h8-12,20-24,27-30,32-33,37H,13-19H2,1-7H3. The van der Waals surface area contributed by atoms with Crippen LogP contribution in [0.4, 0.5) is 0 Å². The topological polar surface area (TPSA) is 63.6 Å². The summed E-state index contributed by atoms with van der Waals surface area (Å²) in [6.45, 7) is 16.0. The van der Waals surface area contributed by atoms with Crippen molar-refractivity contribution in [3.05, 3.63) is 47.5 Å². The third kappa shape index (κ3) is 4.91. The fourth-order valence-electron chi connectivity index (χ4n) is 9.81. The van der Waals surface area contributed by atoms with E-state index in [0.29, 0.717) is 35.2 Å². The quantitative estimate of drug-likeness (QED) is 0.352. The van der Waals surface area contributed by atoms with Gasteiger partial charge in [0.2, 0.25) is 0 Å². The molecule has 220 valence electrons. The minimum absolute atomic E-state index is 0.000495. The van der Waals surface area contributed by atoms with Gasteiger partial charge < -0.3 is 9.84 Å². The number of aliphatic hydroxyl groups is 1. The van der Waals surface area contributed by atoms with Gasteiger partial charge in [0.25, 0.3) is 0 Å². The lowest BCUT2D eigenvalue weighted by molar-refractivity contribution is -0.140. The number of carbonyl (C=O) groups excluding carboxylic acids is 2. The second kappa shape index (κ2) is 11.0. The van der Waals surface area contributed by atoms with Crippen LogP contribution < -0.4 is 0 Å². The molecule has 0 spiro atoms. The highest BCUT2D eigenvalue weighted by molar-refractivity contribution is 5.95. The van der Waals surface area contributed by atoms with Crippen LogP contribution in [0.25, 0.3) is 0 Å². The number of rotatable bonds is 7. The van der Waals surface area contributed by atoms with Gasteiger partial charge in [-0.3, -0.25) is 4.79 Å². The maximum Gasteiger partial charge on any atom is 0.338 e. The molecule has 0 amide bonds. The first-order chi connectivity index (χ1) is 18.9. The zero-order chi connectivity index (χ0) is 29.0. The van der Waals surface area contributed by atoms with Gasteiger partial charge in [0, 0.05) is 11.8 Å². The Balaban J connectivity index is 1.34. The molecule has 0 aliphatic heterocycles. The molecule has 4 aliphatic rings. The van der Waals surface area contributed by atoms with Crippen molar-refractivity contribution in [2.24, 2.45) is 58.2 Å². The molecule has 3 fully saturated rings. The number of benzene rings is 1. The summed E-state index contributed by atoms with van der Waals surface area (Å²) in [5.41, 5.74) is 2.03. The summed E-state index contributed by atoms with van der Waals surface area (Å²) >= 11 is 0. The fraction of sp³-hybridized carbons (Fsp3) is 0.722. The molecule has 4 heteroatoms. The predicted octanol–water partition coefficient (Wildman–Crippen LogP) is 7.90. The summed E-state index contributed by atoms with van der Waals surface area (Å²) in [6.07, 6.45) is 8.68. The van der Waals surface area contributed by atoms with E-state index in [-0.39, 0.29) is 52.5 Å². The lowest BCUT2D eigenvalue weighted by Gasteiger charge is -2.58. The van der Waals surface area contributed by atoms with Crippen LogP contribution in [-0.4, -0.2) is 29.1 Å². The summed E-state index contributed by atoms with van der Waals surface area (Å²) in [5, 5.41) is 11.3. The highest BCUT2D eigenvalue weighted by Gasteiger charge is 2.61. The zero-order valence-corrected chi connectivity index (χ0v) is 25.9.